The van der Waals surface area contributed by atoms with Crippen molar-refractivity contribution >= 4 is 15.7 Å². The predicted molar refractivity (Wildman–Crippen MR) is 77.9 cm³/mol. The van der Waals surface area contributed by atoms with E-state index in [-0.39, 0.29) is 42.2 Å². The van der Waals surface area contributed by atoms with Gasteiger partial charge in [0.1, 0.15) is 5.82 Å². The summed E-state index contributed by atoms with van der Waals surface area (Å²) in [5, 5.41) is 5.71. The quantitative estimate of drug-likeness (QED) is 0.807. The van der Waals surface area contributed by atoms with Crippen molar-refractivity contribution in [3.8, 4) is 0 Å². The summed E-state index contributed by atoms with van der Waals surface area (Å²) in [6, 6.07) is 6.22. The molecule has 1 aromatic rings. The zero-order valence-electron chi connectivity index (χ0n) is 11.6. The average molecular weight is 314 g/mol. The maximum absolute atomic E-state index is 13.3. The Hall–Kier alpha value is -1.47. The van der Waals surface area contributed by atoms with Crippen molar-refractivity contribution < 1.29 is 17.6 Å². The van der Waals surface area contributed by atoms with E-state index in [1.165, 1.54) is 6.07 Å². The normalized spacial score (nSPS) is 20.3. The highest BCUT2D eigenvalue weighted by Crippen LogP contribution is 2.11. The first-order valence-corrected chi connectivity index (χ1v) is 8.72. The van der Waals surface area contributed by atoms with Crippen LogP contribution in [0.4, 0.5) is 4.39 Å². The molecule has 1 saturated heterocycles. The molecule has 0 radical (unpaired) electrons. The number of hydrogen-bond acceptors (Lipinski definition) is 4. The largest absolute Gasteiger partial charge is 0.352 e. The predicted octanol–water partition coefficient (Wildman–Crippen LogP) is 0.609. The highest BCUT2D eigenvalue weighted by atomic mass is 32.2. The molecule has 1 aromatic carbocycles. The first-order chi connectivity index (χ1) is 9.96. The Kier molecular flexibility index (Phi) is 5.30. The van der Waals surface area contributed by atoms with Crippen LogP contribution in [0, 0.1) is 5.82 Å². The van der Waals surface area contributed by atoms with E-state index in [1.54, 1.807) is 18.2 Å². The maximum Gasteiger partial charge on any atom is 0.221 e. The van der Waals surface area contributed by atoms with Gasteiger partial charge in [-0.15, -0.1) is 0 Å². The molecule has 1 aliphatic heterocycles. The Balaban J connectivity index is 1.65. The van der Waals surface area contributed by atoms with E-state index in [1.807, 2.05) is 0 Å². The van der Waals surface area contributed by atoms with Gasteiger partial charge in [-0.2, -0.15) is 0 Å². The van der Waals surface area contributed by atoms with E-state index in [2.05, 4.69) is 10.6 Å². The topological polar surface area (TPSA) is 75.3 Å². The lowest BCUT2D eigenvalue weighted by Gasteiger charge is -2.10. The lowest BCUT2D eigenvalue weighted by atomic mass is 10.2. The molecule has 21 heavy (non-hydrogen) atoms. The van der Waals surface area contributed by atoms with E-state index >= 15 is 0 Å². The fourth-order valence-electron chi connectivity index (χ4n) is 2.27. The first kappa shape index (κ1) is 15.9. The SMILES string of the molecule is O=C(CCNC1CCS(=O)(=O)C1)NCc1ccccc1F. The van der Waals surface area contributed by atoms with Gasteiger partial charge in [0.05, 0.1) is 11.5 Å². The smallest absolute Gasteiger partial charge is 0.221 e. The molecule has 0 bridgehead atoms. The molecule has 116 valence electrons. The molecule has 0 spiro atoms. The van der Waals surface area contributed by atoms with Gasteiger partial charge in [0.2, 0.25) is 5.91 Å². The van der Waals surface area contributed by atoms with Gasteiger partial charge in [-0.3, -0.25) is 4.79 Å². The molecule has 1 heterocycles. The van der Waals surface area contributed by atoms with Gasteiger partial charge in [-0.05, 0) is 12.5 Å². The van der Waals surface area contributed by atoms with Crippen molar-refractivity contribution in [2.45, 2.75) is 25.4 Å². The summed E-state index contributed by atoms with van der Waals surface area (Å²) in [5.74, 6) is -0.174. The molecule has 0 aliphatic carbocycles. The number of benzene rings is 1. The zero-order valence-corrected chi connectivity index (χ0v) is 12.5. The van der Waals surface area contributed by atoms with E-state index in [9.17, 15) is 17.6 Å². The number of carbonyl (C=O) groups is 1. The number of nitrogens with one attached hydrogen (secondary N) is 2. The van der Waals surface area contributed by atoms with E-state index in [4.69, 9.17) is 0 Å². The van der Waals surface area contributed by atoms with Gasteiger partial charge in [0.25, 0.3) is 0 Å². The molecule has 2 rings (SSSR count). The van der Waals surface area contributed by atoms with Crippen LogP contribution in [0.5, 0.6) is 0 Å². The van der Waals surface area contributed by atoms with Gasteiger partial charge >= 0.3 is 0 Å². The Labute approximate surface area is 123 Å². The van der Waals surface area contributed by atoms with E-state index in [0.717, 1.165) is 0 Å². The standard InChI is InChI=1S/C14H19FN2O3S/c15-13-4-2-1-3-11(13)9-17-14(18)5-7-16-12-6-8-21(19,20)10-12/h1-4,12,16H,5-10H2,(H,17,18). The molecular formula is C14H19FN2O3S. The van der Waals surface area contributed by atoms with Gasteiger partial charge in [-0.25, -0.2) is 12.8 Å². The second kappa shape index (κ2) is 7.00. The summed E-state index contributed by atoms with van der Waals surface area (Å²) in [5.41, 5.74) is 0.445. The minimum atomic E-state index is -2.90. The molecule has 1 fully saturated rings. The van der Waals surface area contributed by atoms with E-state index in [0.29, 0.717) is 18.5 Å². The third kappa shape index (κ3) is 5.09. The lowest BCUT2D eigenvalue weighted by molar-refractivity contribution is -0.121. The second-order valence-electron chi connectivity index (χ2n) is 5.17. The van der Waals surface area contributed by atoms with Gasteiger partial charge in [0.15, 0.2) is 9.84 Å². The molecule has 5 nitrogen and oxygen atoms in total. The third-order valence-corrected chi connectivity index (χ3v) is 5.22. The highest BCUT2D eigenvalue weighted by Gasteiger charge is 2.27. The van der Waals surface area contributed by atoms with Crippen LogP contribution in [-0.2, 0) is 21.2 Å². The lowest BCUT2D eigenvalue weighted by Crippen LogP contribution is -2.34. The van der Waals surface area contributed by atoms with Gasteiger partial charge in [0, 0.05) is 31.1 Å². The molecule has 0 saturated carbocycles. The average Bonchev–Trinajstić information content (AvgIpc) is 2.77. The number of sulfone groups is 1. The van der Waals surface area contributed by atoms with Crippen LogP contribution < -0.4 is 10.6 Å². The molecule has 7 heteroatoms. The van der Waals surface area contributed by atoms with Crippen LogP contribution in [0.1, 0.15) is 18.4 Å². The fourth-order valence-corrected chi connectivity index (χ4v) is 3.98. The van der Waals surface area contributed by atoms with Crippen molar-refractivity contribution in [1.29, 1.82) is 0 Å². The monoisotopic (exact) mass is 314 g/mol. The summed E-state index contributed by atoms with van der Waals surface area (Å²) in [4.78, 5) is 11.6. The number of carbonyl (C=O) groups excluding carboxylic acids is 1. The summed E-state index contributed by atoms with van der Waals surface area (Å²) in [6.07, 6.45) is 0.837. The molecule has 1 unspecified atom stereocenters. The Morgan fingerprint density at radius 1 is 1.33 bits per heavy atom. The molecular weight excluding hydrogens is 295 g/mol. The first-order valence-electron chi connectivity index (χ1n) is 6.90. The minimum absolute atomic E-state index is 0.0608. The molecule has 1 aliphatic rings. The van der Waals surface area contributed by atoms with Crippen molar-refractivity contribution in [2.24, 2.45) is 0 Å². The summed E-state index contributed by atoms with van der Waals surface area (Å²) in [6.45, 7) is 0.576. The summed E-state index contributed by atoms with van der Waals surface area (Å²) in [7, 11) is -2.90. The van der Waals surface area contributed by atoms with Crippen LogP contribution in [0.3, 0.4) is 0 Å². The van der Waals surface area contributed by atoms with Crippen LogP contribution >= 0.6 is 0 Å². The second-order valence-corrected chi connectivity index (χ2v) is 7.40. The molecule has 0 aromatic heterocycles. The molecule has 1 amide bonds. The zero-order chi connectivity index (χ0) is 15.3. The summed E-state index contributed by atoms with van der Waals surface area (Å²) < 4.78 is 35.9. The van der Waals surface area contributed by atoms with Crippen LogP contribution in [0.25, 0.3) is 0 Å². The third-order valence-electron chi connectivity index (χ3n) is 3.45. The Morgan fingerprint density at radius 2 is 2.10 bits per heavy atom. The molecule has 1 atom stereocenters. The maximum atomic E-state index is 13.3. The Morgan fingerprint density at radius 3 is 2.76 bits per heavy atom. The fraction of sp³-hybridized carbons (Fsp3) is 0.500. The van der Waals surface area contributed by atoms with Gasteiger partial charge in [-0.1, -0.05) is 18.2 Å². The number of rotatable bonds is 6. The van der Waals surface area contributed by atoms with Crippen LogP contribution in [-0.4, -0.2) is 38.4 Å². The van der Waals surface area contributed by atoms with Crippen molar-refractivity contribution in [1.82, 2.24) is 10.6 Å². The molecule has 2 N–H and O–H groups in total. The highest BCUT2D eigenvalue weighted by molar-refractivity contribution is 7.91. The minimum Gasteiger partial charge on any atom is -0.352 e. The van der Waals surface area contributed by atoms with Crippen molar-refractivity contribution in [2.75, 3.05) is 18.1 Å². The van der Waals surface area contributed by atoms with Crippen molar-refractivity contribution in [3.63, 3.8) is 0 Å². The summed E-state index contributed by atoms with van der Waals surface area (Å²) >= 11 is 0. The Bertz CT molecular complexity index is 604. The van der Waals surface area contributed by atoms with Crippen molar-refractivity contribution in [3.05, 3.63) is 35.6 Å². The number of hydrogen-bond donors (Lipinski definition) is 2. The van der Waals surface area contributed by atoms with Crippen LogP contribution in [0.2, 0.25) is 0 Å². The van der Waals surface area contributed by atoms with E-state index < -0.39 is 9.84 Å². The van der Waals surface area contributed by atoms with Crippen LogP contribution in [0.15, 0.2) is 24.3 Å². The number of amides is 1. The number of halogens is 1. The van der Waals surface area contributed by atoms with Gasteiger partial charge < -0.3 is 10.6 Å².